The van der Waals surface area contributed by atoms with Gasteiger partial charge in [-0.2, -0.15) is 0 Å². The normalized spacial score (nSPS) is 11.7. The van der Waals surface area contributed by atoms with Gasteiger partial charge in [-0.1, -0.05) is 55.8 Å². The number of nitrogens with one attached hydrogen (secondary N) is 2. The number of carbonyl (C=O) groups excluding carboxylic acids is 2. The van der Waals surface area contributed by atoms with Gasteiger partial charge in [0, 0.05) is 5.69 Å². The molecule has 0 bridgehead atoms. The van der Waals surface area contributed by atoms with Crippen LogP contribution in [0.5, 0.6) is 0 Å². The summed E-state index contributed by atoms with van der Waals surface area (Å²) in [5, 5.41) is 5.06. The van der Waals surface area contributed by atoms with Crippen LogP contribution in [0.1, 0.15) is 19.4 Å². The van der Waals surface area contributed by atoms with E-state index in [1.54, 1.807) is 13.8 Å². The van der Waals surface area contributed by atoms with Crippen LogP contribution >= 0.6 is 11.6 Å². The minimum atomic E-state index is -0.817. The molecular formula is C19H20ClFN2O3. The van der Waals surface area contributed by atoms with Gasteiger partial charge >= 0.3 is 6.09 Å². The maximum Gasteiger partial charge on any atom is 0.408 e. The molecule has 0 radical (unpaired) electrons. The zero-order chi connectivity index (χ0) is 19.1. The first-order chi connectivity index (χ1) is 12.4. The van der Waals surface area contributed by atoms with E-state index in [-0.39, 0.29) is 17.5 Å². The summed E-state index contributed by atoms with van der Waals surface area (Å²) in [7, 11) is 0. The van der Waals surface area contributed by atoms with E-state index in [1.165, 1.54) is 12.1 Å². The lowest BCUT2D eigenvalue weighted by Crippen LogP contribution is -2.47. The molecular weight excluding hydrogens is 359 g/mol. The van der Waals surface area contributed by atoms with Crippen molar-refractivity contribution in [2.45, 2.75) is 26.5 Å². The molecule has 2 aromatic carbocycles. The molecule has 0 aliphatic heterocycles. The first-order valence-electron chi connectivity index (χ1n) is 8.10. The molecule has 138 valence electrons. The highest BCUT2D eigenvalue weighted by molar-refractivity contribution is 6.31. The van der Waals surface area contributed by atoms with Gasteiger partial charge in [0.15, 0.2) is 0 Å². The van der Waals surface area contributed by atoms with Gasteiger partial charge in [-0.3, -0.25) is 4.79 Å². The van der Waals surface area contributed by atoms with Crippen LogP contribution in [0.25, 0.3) is 0 Å². The summed E-state index contributed by atoms with van der Waals surface area (Å²) in [4.78, 5) is 24.4. The minimum Gasteiger partial charge on any atom is -0.445 e. The number of hydrogen-bond donors (Lipinski definition) is 2. The highest BCUT2D eigenvalue weighted by Crippen LogP contribution is 2.20. The van der Waals surface area contributed by atoms with Crippen LogP contribution in [0.4, 0.5) is 14.9 Å². The Labute approximate surface area is 156 Å². The first kappa shape index (κ1) is 19.7. The first-order valence-corrected chi connectivity index (χ1v) is 8.47. The standard InChI is InChI=1S/C19H20ClFN2O3/c1-12(2)17(18(24)22-14-8-9-16(21)15(20)10-14)23-19(25)26-11-13-6-4-3-5-7-13/h3-10,12,17H,11H2,1-2H3,(H,22,24)(H,23,25)/t17-/m0/s1. The second-order valence-corrected chi connectivity index (χ2v) is 6.45. The van der Waals surface area contributed by atoms with E-state index in [2.05, 4.69) is 10.6 Å². The van der Waals surface area contributed by atoms with E-state index in [0.717, 1.165) is 11.6 Å². The Bertz CT molecular complexity index is 769. The van der Waals surface area contributed by atoms with Crippen molar-refractivity contribution in [3.8, 4) is 0 Å². The molecule has 0 fully saturated rings. The predicted molar refractivity (Wildman–Crippen MR) is 98.4 cm³/mol. The summed E-state index contributed by atoms with van der Waals surface area (Å²) in [5.41, 5.74) is 1.18. The molecule has 2 rings (SSSR count). The number of carbonyl (C=O) groups is 2. The fourth-order valence-electron chi connectivity index (χ4n) is 2.22. The Morgan fingerprint density at radius 1 is 1.15 bits per heavy atom. The Morgan fingerprint density at radius 2 is 1.85 bits per heavy atom. The van der Waals surface area contributed by atoms with E-state index in [4.69, 9.17) is 16.3 Å². The Hall–Kier alpha value is -2.60. The molecule has 0 aliphatic rings. The molecule has 0 heterocycles. The molecule has 0 unspecified atom stereocenters. The average Bonchev–Trinajstić information content (AvgIpc) is 2.61. The average molecular weight is 379 g/mol. The van der Waals surface area contributed by atoms with Crippen molar-refractivity contribution in [1.29, 1.82) is 0 Å². The summed E-state index contributed by atoms with van der Waals surface area (Å²) in [6, 6.07) is 12.3. The highest BCUT2D eigenvalue weighted by atomic mass is 35.5. The van der Waals surface area contributed by atoms with Gasteiger partial charge in [0.05, 0.1) is 5.02 Å². The molecule has 0 aliphatic carbocycles. The lowest BCUT2D eigenvalue weighted by atomic mass is 10.0. The second kappa shape index (κ2) is 9.20. The Morgan fingerprint density at radius 3 is 2.46 bits per heavy atom. The fourth-order valence-corrected chi connectivity index (χ4v) is 2.40. The number of alkyl carbamates (subject to hydrolysis) is 1. The third-order valence-corrected chi connectivity index (χ3v) is 3.91. The predicted octanol–water partition coefficient (Wildman–Crippen LogP) is 4.37. The molecule has 0 saturated heterocycles. The molecule has 7 heteroatoms. The van der Waals surface area contributed by atoms with E-state index in [9.17, 15) is 14.0 Å². The summed E-state index contributed by atoms with van der Waals surface area (Å²) in [6.07, 6.45) is -0.695. The van der Waals surface area contributed by atoms with Crippen LogP contribution in [0.3, 0.4) is 0 Å². The zero-order valence-corrected chi connectivity index (χ0v) is 15.2. The van der Waals surface area contributed by atoms with Crippen LogP contribution in [0.2, 0.25) is 5.02 Å². The van der Waals surface area contributed by atoms with Gasteiger partial charge in [0.25, 0.3) is 0 Å². The summed E-state index contributed by atoms with van der Waals surface area (Å²) < 4.78 is 18.3. The summed E-state index contributed by atoms with van der Waals surface area (Å²) >= 11 is 5.71. The number of halogens is 2. The smallest absolute Gasteiger partial charge is 0.408 e. The fraction of sp³-hybridized carbons (Fsp3) is 0.263. The molecule has 0 saturated carbocycles. The van der Waals surface area contributed by atoms with E-state index < -0.39 is 23.9 Å². The van der Waals surface area contributed by atoms with Crippen molar-refractivity contribution < 1.29 is 18.7 Å². The van der Waals surface area contributed by atoms with Crippen molar-refractivity contribution in [3.05, 3.63) is 64.9 Å². The van der Waals surface area contributed by atoms with Crippen LogP contribution in [-0.4, -0.2) is 18.0 Å². The molecule has 5 nitrogen and oxygen atoms in total. The minimum absolute atomic E-state index is 0.0980. The Balaban J connectivity index is 1.95. The second-order valence-electron chi connectivity index (χ2n) is 6.05. The van der Waals surface area contributed by atoms with Gasteiger partial charge in [0.1, 0.15) is 18.5 Å². The van der Waals surface area contributed by atoms with Crippen molar-refractivity contribution >= 4 is 29.3 Å². The third kappa shape index (κ3) is 5.74. The number of ether oxygens (including phenoxy) is 1. The van der Waals surface area contributed by atoms with Crippen LogP contribution in [-0.2, 0) is 16.1 Å². The molecule has 0 spiro atoms. The molecule has 2 aromatic rings. The lowest BCUT2D eigenvalue weighted by molar-refractivity contribution is -0.119. The zero-order valence-electron chi connectivity index (χ0n) is 14.5. The van der Waals surface area contributed by atoms with Gasteiger partial charge in [0.2, 0.25) is 5.91 Å². The molecule has 2 N–H and O–H groups in total. The summed E-state index contributed by atoms with van der Waals surface area (Å²) in [5.74, 6) is -1.21. The van der Waals surface area contributed by atoms with Gasteiger partial charge in [-0.15, -0.1) is 0 Å². The molecule has 1 atom stereocenters. The number of hydrogen-bond acceptors (Lipinski definition) is 3. The van der Waals surface area contributed by atoms with E-state index in [0.29, 0.717) is 5.69 Å². The molecule has 26 heavy (non-hydrogen) atoms. The van der Waals surface area contributed by atoms with E-state index >= 15 is 0 Å². The summed E-state index contributed by atoms with van der Waals surface area (Å²) in [6.45, 7) is 3.69. The van der Waals surface area contributed by atoms with Crippen molar-refractivity contribution in [3.63, 3.8) is 0 Å². The molecule has 0 aromatic heterocycles. The van der Waals surface area contributed by atoms with Crippen molar-refractivity contribution in [2.24, 2.45) is 5.92 Å². The van der Waals surface area contributed by atoms with Crippen molar-refractivity contribution in [2.75, 3.05) is 5.32 Å². The topological polar surface area (TPSA) is 67.4 Å². The maximum absolute atomic E-state index is 13.2. The quantitative estimate of drug-likeness (QED) is 0.784. The number of anilines is 1. The maximum atomic E-state index is 13.2. The number of benzene rings is 2. The highest BCUT2D eigenvalue weighted by Gasteiger charge is 2.25. The van der Waals surface area contributed by atoms with Crippen LogP contribution < -0.4 is 10.6 Å². The van der Waals surface area contributed by atoms with Crippen LogP contribution in [0.15, 0.2) is 48.5 Å². The van der Waals surface area contributed by atoms with Gasteiger partial charge in [-0.25, -0.2) is 9.18 Å². The van der Waals surface area contributed by atoms with Gasteiger partial charge < -0.3 is 15.4 Å². The van der Waals surface area contributed by atoms with Gasteiger partial charge in [-0.05, 0) is 29.7 Å². The SMILES string of the molecule is CC(C)[C@H](NC(=O)OCc1ccccc1)C(=O)Nc1ccc(F)c(Cl)c1. The monoisotopic (exact) mass is 378 g/mol. The number of rotatable bonds is 6. The van der Waals surface area contributed by atoms with Crippen molar-refractivity contribution in [1.82, 2.24) is 5.32 Å². The number of amides is 2. The largest absolute Gasteiger partial charge is 0.445 e. The molecule has 2 amide bonds. The van der Waals surface area contributed by atoms with Crippen LogP contribution in [0, 0.1) is 11.7 Å². The van der Waals surface area contributed by atoms with E-state index in [1.807, 2.05) is 30.3 Å². The third-order valence-electron chi connectivity index (χ3n) is 3.62. The lowest BCUT2D eigenvalue weighted by Gasteiger charge is -2.21. The Kier molecular flexibility index (Phi) is 6.97.